The minimum absolute atomic E-state index is 0.105. The average Bonchev–Trinajstić information content (AvgIpc) is 3.12. The van der Waals surface area contributed by atoms with Crippen LogP contribution in [-0.4, -0.2) is 35.5 Å². The zero-order valence-corrected chi connectivity index (χ0v) is 13.5. The number of amides is 3. The Bertz CT molecular complexity index is 705. The molecular formula is C18H20N4O2. The molecule has 0 aliphatic carbocycles. The number of rotatable bonds is 2. The first-order chi connectivity index (χ1) is 11.6. The van der Waals surface area contributed by atoms with Crippen LogP contribution in [0.25, 0.3) is 0 Å². The van der Waals surface area contributed by atoms with Crippen LogP contribution in [0.2, 0.25) is 0 Å². The minimum atomic E-state index is -0.315. The van der Waals surface area contributed by atoms with Crippen LogP contribution in [-0.2, 0) is 0 Å². The van der Waals surface area contributed by atoms with E-state index in [2.05, 4.69) is 10.9 Å². The van der Waals surface area contributed by atoms with Crippen molar-refractivity contribution in [3.05, 3.63) is 71.8 Å². The number of nitrogens with one attached hydrogen (secondary N) is 2. The molecule has 1 unspecified atom stereocenters. The highest BCUT2D eigenvalue weighted by Gasteiger charge is 2.29. The van der Waals surface area contributed by atoms with Gasteiger partial charge in [-0.1, -0.05) is 48.5 Å². The van der Waals surface area contributed by atoms with Gasteiger partial charge in [-0.25, -0.2) is 15.2 Å². The first-order valence-electron chi connectivity index (χ1n) is 7.87. The zero-order chi connectivity index (χ0) is 16.9. The normalized spacial score (nSPS) is 16.7. The summed E-state index contributed by atoms with van der Waals surface area (Å²) >= 11 is 0. The molecule has 1 atom stereocenters. The van der Waals surface area contributed by atoms with Crippen molar-refractivity contribution < 1.29 is 9.59 Å². The highest BCUT2D eigenvalue weighted by Crippen LogP contribution is 2.22. The summed E-state index contributed by atoms with van der Waals surface area (Å²) in [4.78, 5) is 24.6. The maximum Gasteiger partial charge on any atom is 0.352 e. The lowest BCUT2D eigenvalue weighted by Crippen LogP contribution is -2.52. The molecule has 0 aromatic heterocycles. The molecule has 2 aromatic rings. The van der Waals surface area contributed by atoms with Gasteiger partial charge in [0, 0.05) is 19.2 Å². The number of hydrogen-bond donors (Lipinski definition) is 2. The van der Waals surface area contributed by atoms with Gasteiger partial charge in [-0.2, -0.15) is 0 Å². The van der Waals surface area contributed by atoms with Crippen molar-refractivity contribution in [2.24, 2.45) is 0 Å². The maximum absolute atomic E-state index is 12.5. The van der Waals surface area contributed by atoms with E-state index in [4.69, 9.17) is 0 Å². The highest BCUT2D eigenvalue weighted by atomic mass is 16.2. The van der Waals surface area contributed by atoms with Gasteiger partial charge in [0.15, 0.2) is 0 Å². The summed E-state index contributed by atoms with van der Waals surface area (Å²) in [7, 11) is 1.54. The summed E-state index contributed by atoms with van der Waals surface area (Å²) in [6.07, 6.45) is 0.830. The number of hydrazine groups is 2. The molecule has 3 amide bonds. The molecule has 6 heteroatoms. The molecule has 2 N–H and O–H groups in total. The molecule has 6 nitrogen and oxygen atoms in total. The molecule has 1 aliphatic heterocycles. The third kappa shape index (κ3) is 3.55. The molecule has 2 aromatic carbocycles. The molecule has 1 aliphatic rings. The molecule has 24 heavy (non-hydrogen) atoms. The Morgan fingerprint density at radius 1 is 1.08 bits per heavy atom. The van der Waals surface area contributed by atoms with E-state index in [9.17, 15) is 9.59 Å². The molecule has 0 bridgehead atoms. The van der Waals surface area contributed by atoms with E-state index in [0.717, 1.165) is 12.0 Å². The standard InChI is InChI=1S/C18H20N4O2/c1-21(20-17(23)15-10-6-3-7-11-15)18(24)22-13-12-16(19-22)14-8-4-2-5-9-14/h2-11,16,19H,12-13H2,1H3,(H,20,23). The monoisotopic (exact) mass is 324 g/mol. The number of urea groups is 1. The van der Waals surface area contributed by atoms with Gasteiger partial charge in [-0.05, 0) is 24.1 Å². The van der Waals surface area contributed by atoms with Crippen LogP contribution in [0.4, 0.5) is 4.79 Å². The van der Waals surface area contributed by atoms with Gasteiger partial charge in [-0.15, -0.1) is 0 Å². The van der Waals surface area contributed by atoms with E-state index in [1.54, 1.807) is 31.3 Å². The quantitative estimate of drug-likeness (QED) is 0.834. The summed E-state index contributed by atoms with van der Waals surface area (Å²) in [6, 6.07) is 18.6. The maximum atomic E-state index is 12.5. The summed E-state index contributed by atoms with van der Waals surface area (Å²) < 4.78 is 0. The van der Waals surface area contributed by atoms with Crippen LogP contribution in [0.1, 0.15) is 28.4 Å². The van der Waals surface area contributed by atoms with Crippen molar-refractivity contribution in [2.75, 3.05) is 13.6 Å². The number of carbonyl (C=O) groups is 2. The van der Waals surface area contributed by atoms with Crippen molar-refractivity contribution in [1.82, 2.24) is 20.9 Å². The van der Waals surface area contributed by atoms with Gasteiger partial charge >= 0.3 is 6.03 Å². The van der Waals surface area contributed by atoms with Crippen LogP contribution >= 0.6 is 0 Å². The Morgan fingerprint density at radius 3 is 2.38 bits per heavy atom. The topological polar surface area (TPSA) is 64.7 Å². The first kappa shape index (κ1) is 16.0. The zero-order valence-electron chi connectivity index (χ0n) is 13.5. The summed E-state index contributed by atoms with van der Waals surface area (Å²) in [6.45, 7) is 0.587. The predicted octanol–water partition coefficient (Wildman–Crippen LogP) is 2.33. The fourth-order valence-electron chi connectivity index (χ4n) is 2.69. The minimum Gasteiger partial charge on any atom is -0.267 e. The number of benzene rings is 2. The fraction of sp³-hybridized carbons (Fsp3) is 0.222. The van der Waals surface area contributed by atoms with Crippen molar-refractivity contribution >= 4 is 11.9 Å². The highest BCUT2D eigenvalue weighted by molar-refractivity contribution is 5.95. The summed E-state index contributed by atoms with van der Waals surface area (Å²) in [5.41, 5.74) is 7.43. The number of nitrogens with zero attached hydrogens (tertiary/aromatic N) is 2. The second kappa shape index (κ2) is 7.14. The van der Waals surface area contributed by atoms with Crippen LogP contribution in [0.3, 0.4) is 0 Å². The van der Waals surface area contributed by atoms with Gasteiger partial charge in [0.1, 0.15) is 0 Å². The number of carbonyl (C=O) groups excluding carboxylic acids is 2. The van der Waals surface area contributed by atoms with E-state index in [-0.39, 0.29) is 18.0 Å². The Labute approximate surface area is 141 Å². The average molecular weight is 324 g/mol. The van der Waals surface area contributed by atoms with Crippen molar-refractivity contribution in [3.8, 4) is 0 Å². The second-order valence-electron chi connectivity index (χ2n) is 5.68. The van der Waals surface area contributed by atoms with Crippen molar-refractivity contribution in [2.45, 2.75) is 12.5 Å². The molecule has 124 valence electrons. The van der Waals surface area contributed by atoms with Crippen LogP contribution in [0.5, 0.6) is 0 Å². The molecule has 0 saturated carbocycles. The smallest absolute Gasteiger partial charge is 0.267 e. The molecule has 0 spiro atoms. The van der Waals surface area contributed by atoms with E-state index in [1.165, 1.54) is 10.0 Å². The Balaban J connectivity index is 1.57. The molecule has 1 heterocycles. The second-order valence-corrected chi connectivity index (χ2v) is 5.68. The van der Waals surface area contributed by atoms with E-state index < -0.39 is 0 Å². The lowest BCUT2D eigenvalue weighted by atomic mass is 10.1. The molecule has 3 rings (SSSR count). The lowest BCUT2D eigenvalue weighted by Gasteiger charge is -2.25. The van der Waals surface area contributed by atoms with Gasteiger partial charge < -0.3 is 0 Å². The van der Waals surface area contributed by atoms with Crippen molar-refractivity contribution in [1.29, 1.82) is 0 Å². The summed E-state index contributed by atoms with van der Waals surface area (Å²) in [5, 5.41) is 2.73. The molecular weight excluding hydrogens is 304 g/mol. The number of hydrogen-bond acceptors (Lipinski definition) is 3. The van der Waals surface area contributed by atoms with Crippen LogP contribution in [0.15, 0.2) is 60.7 Å². The van der Waals surface area contributed by atoms with Crippen LogP contribution < -0.4 is 10.9 Å². The molecule has 1 fully saturated rings. The third-order valence-corrected chi connectivity index (χ3v) is 3.98. The Morgan fingerprint density at radius 2 is 1.71 bits per heavy atom. The first-order valence-corrected chi connectivity index (χ1v) is 7.87. The van der Waals surface area contributed by atoms with Crippen LogP contribution in [0, 0.1) is 0 Å². The van der Waals surface area contributed by atoms with E-state index in [1.807, 2.05) is 36.4 Å². The van der Waals surface area contributed by atoms with Gasteiger partial charge in [-0.3, -0.25) is 15.2 Å². The van der Waals surface area contributed by atoms with Gasteiger partial charge in [0.25, 0.3) is 5.91 Å². The Kier molecular flexibility index (Phi) is 4.77. The van der Waals surface area contributed by atoms with E-state index in [0.29, 0.717) is 12.1 Å². The van der Waals surface area contributed by atoms with Gasteiger partial charge in [0.2, 0.25) is 0 Å². The molecule has 0 radical (unpaired) electrons. The lowest BCUT2D eigenvalue weighted by molar-refractivity contribution is 0.0807. The fourth-order valence-corrected chi connectivity index (χ4v) is 2.69. The molecule has 1 saturated heterocycles. The SMILES string of the molecule is CN(NC(=O)c1ccccc1)C(=O)N1CCC(c2ccccc2)N1. The summed E-state index contributed by atoms with van der Waals surface area (Å²) in [5.74, 6) is -0.315. The predicted molar refractivity (Wildman–Crippen MR) is 90.7 cm³/mol. The largest absolute Gasteiger partial charge is 0.352 e. The van der Waals surface area contributed by atoms with Gasteiger partial charge in [0.05, 0.1) is 6.04 Å². The third-order valence-electron chi connectivity index (χ3n) is 3.98. The Hall–Kier alpha value is -2.86. The van der Waals surface area contributed by atoms with E-state index >= 15 is 0 Å². The van der Waals surface area contributed by atoms with Crippen molar-refractivity contribution in [3.63, 3.8) is 0 Å².